The molecular formula is C14H21N5O2. The number of piperidine rings is 1. The van der Waals surface area contributed by atoms with Crippen molar-refractivity contribution in [1.82, 2.24) is 15.2 Å². The van der Waals surface area contributed by atoms with Crippen LogP contribution in [-0.2, 0) is 0 Å². The molecule has 0 spiro atoms. The Morgan fingerprint density at radius 3 is 2.76 bits per heavy atom. The van der Waals surface area contributed by atoms with Crippen LogP contribution in [0, 0.1) is 0 Å². The molecule has 0 bridgehead atoms. The van der Waals surface area contributed by atoms with Crippen LogP contribution in [0.3, 0.4) is 0 Å². The molecule has 7 nitrogen and oxygen atoms in total. The topological polar surface area (TPSA) is 104 Å². The molecule has 1 aliphatic rings. The number of nitrogens with two attached hydrogens (primary N) is 1. The maximum Gasteiger partial charge on any atom is 0.269 e. The number of aromatic nitrogens is 1. The Hall–Kier alpha value is -2.15. The standard InChI is InChI=1S/C14H21N5O2/c15-13(18-21)11-4-5-12(17-10-11)14(20)16-6-9-19-7-2-1-3-8-19/h4-5,10,21H,1-3,6-9H2,(H2,15,18)(H,16,20). The molecule has 0 radical (unpaired) electrons. The molecule has 0 unspecified atom stereocenters. The number of nitrogens with one attached hydrogen (secondary N) is 1. The van der Waals surface area contributed by atoms with Gasteiger partial charge in [-0.3, -0.25) is 9.78 Å². The maximum atomic E-state index is 11.9. The van der Waals surface area contributed by atoms with Gasteiger partial charge in [0.15, 0.2) is 5.84 Å². The Kier molecular flexibility index (Phi) is 5.51. The van der Waals surface area contributed by atoms with Crippen molar-refractivity contribution in [3.63, 3.8) is 0 Å². The number of hydrogen-bond donors (Lipinski definition) is 3. The van der Waals surface area contributed by atoms with Gasteiger partial charge in [-0.2, -0.15) is 0 Å². The summed E-state index contributed by atoms with van der Waals surface area (Å²) in [6, 6.07) is 3.16. The second-order valence-corrected chi connectivity index (χ2v) is 5.08. The first-order valence-electron chi connectivity index (χ1n) is 7.15. The van der Waals surface area contributed by atoms with E-state index in [-0.39, 0.29) is 11.7 Å². The van der Waals surface area contributed by atoms with Crippen LogP contribution in [-0.4, -0.2) is 53.0 Å². The largest absolute Gasteiger partial charge is 0.409 e. The molecule has 0 aromatic carbocycles. The highest BCUT2D eigenvalue weighted by molar-refractivity contribution is 5.98. The Morgan fingerprint density at radius 2 is 2.14 bits per heavy atom. The normalized spacial score (nSPS) is 16.7. The fourth-order valence-corrected chi connectivity index (χ4v) is 2.34. The highest BCUT2D eigenvalue weighted by Crippen LogP contribution is 2.07. The van der Waals surface area contributed by atoms with Crippen LogP contribution >= 0.6 is 0 Å². The van der Waals surface area contributed by atoms with E-state index in [1.54, 1.807) is 12.1 Å². The van der Waals surface area contributed by atoms with Crippen molar-refractivity contribution in [2.45, 2.75) is 19.3 Å². The number of oxime groups is 1. The minimum Gasteiger partial charge on any atom is -0.409 e. The number of amides is 1. The lowest BCUT2D eigenvalue weighted by Gasteiger charge is -2.26. The molecule has 21 heavy (non-hydrogen) atoms. The molecule has 1 amide bonds. The summed E-state index contributed by atoms with van der Waals surface area (Å²) in [7, 11) is 0. The molecular weight excluding hydrogens is 270 g/mol. The summed E-state index contributed by atoms with van der Waals surface area (Å²) < 4.78 is 0. The lowest BCUT2D eigenvalue weighted by Crippen LogP contribution is -2.37. The van der Waals surface area contributed by atoms with E-state index < -0.39 is 0 Å². The molecule has 1 aliphatic heterocycles. The first-order chi connectivity index (χ1) is 10.2. The highest BCUT2D eigenvalue weighted by Gasteiger charge is 2.11. The van der Waals surface area contributed by atoms with E-state index in [1.807, 2.05) is 0 Å². The second-order valence-electron chi connectivity index (χ2n) is 5.08. The van der Waals surface area contributed by atoms with Gasteiger partial charge in [0, 0.05) is 24.8 Å². The molecule has 114 valence electrons. The summed E-state index contributed by atoms with van der Waals surface area (Å²) >= 11 is 0. The van der Waals surface area contributed by atoms with E-state index >= 15 is 0 Å². The van der Waals surface area contributed by atoms with E-state index in [1.165, 1.54) is 25.5 Å². The molecule has 2 rings (SSSR count). The molecule has 1 fully saturated rings. The molecule has 2 heterocycles. The Morgan fingerprint density at radius 1 is 1.38 bits per heavy atom. The summed E-state index contributed by atoms with van der Waals surface area (Å²) in [5.74, 6) is -0.238. The third kappa shape index (κ3) is 4.42. The van der Waals surface area contributed by atoms with Gasteiger partial charge in [-0.25, -0.2) is 0 Å². The minimum atomic E-state index is -0.210. The molecule has 4 N–H and O–H groups in total. The van der Waals surface area contributed by atoms with Crippen molar-refractivity contribution in [3.8, 4) is 0 Å². The van der Waals surface area contributed by atoms with Crippen molar-refractivity contribution in [2.75, 3.05) is 26.2 Å². The summed E-state index contributed by atoms with van der Waals surface area (Å²) in [5, 5.41) is 14.3. The first kappa shape index (κ1) is 15.2. The van der Waals surface area contributed by atoms with Crippen molar-refractivity contribution >= 4 is 11.7 Å². The number of amidine groups is 1. The van der Waals surface area contributed by atoms with Gasteiger partial charge in [-0.1, -0.05) is 11.6 Å². The van der Waals surface area contributed by atoms with Gasteiger partial charge in [0.1, 0.15) is 5.69 Å². The van der Waals surface area contributed by atoms with E-state index in [9.17, 15) is 4.79 Å². The Balaban J connectivity index is 1.80. The van der Waals surface area contributed by atoms with Crippen molar-refractivity contribution < 1.29 is 10.0 Å². The Labute approximate surface area is 123 Å². The average Bonchev–Trinajstić information content (AvgIpc) is 2.55. The summed E-state index contributed by atoms with van der Waals surface area (Å²) in [6.07, 6.45) is 5.20. The van der Waals surface area contributed by atoms with Crippen LogP contribution < -0.4 is 11.1 Å². The first-order valence-corrected chi connectivity index (χ1v) is 7.15. The van der Waals surface area contributed by atoms with Crippen LogP contribution in [0.4, 0.5) is 0 Å². The van der Waals surface area contributed by atoms with E-state index in [2.05, 4.69) is 20.4 Å². The third-order valence-electron chi connectivity index (χ3n) is 3.56. The van der Waals surface area contributed by atoms with E-state index in [4.69, 9.17) is 10.9 Å². The summed E-state index contributed by atoms with van der Waals surface area (Å²) in [4.78, 5) is 18.3. The number of pyridine rings is 1. The van der Waals surface area contributed by atoms with Crippen LogP contribution in [0.5, 0.6) is 0 Å². The molecule has 1 aromatic heterocycles. The fourth-order valence-electron chi connectivity index (χ4n) is 2.34. The molecule has 0 saturated carbocycles. The molecule has 1 aromatic rings. The van der Waals surface area contributed by atoms with Crippen LogP contribution in [0.2, 0.25) is 0 Å². The van der Waals surface area contributed by atoms with Gasteiger partial charge >= 0.3 is 0 Å². The fraction of sp³-hybridized carbons (Fsp3) is 0.500. The predicted octanol–water partition coefficient (Wildman–Crippen LogP) is 0.392. The molecule has 0 atom stereocenters. The summed E-state index contributed by atoms with van der Waals surface area (Å²) in [5.41, 5.74) is 6.23. The van der Waals surface area contributed by atoms with Gasteiger partial charge in [-0.15, -0.1) is 0 Å². The lowest BCUT2D eigenvalue weighted by atomic mass is 10.1. The number of likely N-dealkylation sites (tertiary alicyclic amines) is 1. The summed E-state index contributed by atoms with van der Waals surface area (Å²) in [6.45, 7) is 3.71. The van der Waals surface area contributed by atoms with Crippen LogP contribution in [0.25, 0.3) is 0 Å². The zero-order valence-electron chi connectivity index (χ0n) is 12.0. The number of nitrogens with zero attached hydrogens (tertiary/aromatic N) is 3. The number of hydrogen-bond acceptors (Lipinski definition) is 5. The SMILES string of the molecule is NC(=NO)c1ccc(C(=O)NCCN2CCCCC2)nc1. The number of carbonyl (C=O) groups is 1. The zero-order valence-corrected chi connectivity index (χ0v) is 12.0. The quantitative estimate of drug-likeness (QED) is 0.315. The van der Waals surface area contributed by atoms with E-state index in [0.29, 0.717) is 17.8 Å². The minimum absolute atomic E-state index is 0.0282. The smallest absolute Gasteiger partial charge is 0.269 e. The molecule has 1 saturated heterocycles. The maximum absolute atomic E-state index is 11.9. The Bertz CT molecular complexity index is 495. The van der Waals surface area contributed by atoms with Gasteiger partial charge in [-0.05, 0) is 38.1 Å². The second kappa shape index (κ2) is 7.58. The van der Waals surface area contributed by atoms with Gasteiger partial charge in [0.05, 0.1) is 0 Å². The van der Waals surface area contributed by atoms with Crippen LogP contribution in [0.1, 0.15) is 35.3 Å². The van der Waals surface area contributed by atoms with Crippen molar-refractivity contribution in [1.29, 1.82) is 0 Å². The van der Waals surface area contributed by atoms with Gasteiger partial charge < -0.3 is 21.2 Å². The number of carbonyl (C=O) groups excluding carboxylic acids is 1. The van der Waals surface area contributed by atoms with E-state index in [0.717, 1.165) is 19.6 Å². The molecule has 0 aliphatic carbocycles. The van der Waals surface area contributed by atoms with Crippen molar-refractivity contribution in [2.24, 2.45) is 10.9 Å². The third-order valence-corrected chi connectivity index (χ3v) is 3.56. The molecule has 7 heteroatoms. The van der Waals surface area contributed by atoms with Gasteiger partial charge in [0.25, 0.3) is 5.91 Å². The average molecular weight is 291 g/mol. The highest BCUT2D eigenvalue weighted by atomic mass is 16.4. The number of rotatable bonds is 5. The predicted molar refractivity (Wildman–Crippen MR) is 79.4 cm³/mol. The zero-order chi connectivity index (χ0) is 15.1. The van der Waals surface area contributed by atoms with Gasteiger partial charge in [0.2, 0.25) is 0 Å². The van der Waals surface area contributed by atoms with Crippen molar-refractivity contribution in [3.05, 3.63) is 29.6 Å². The monoisotopic (exact) mass is 291 g/mol. The van der Waals surface area contributed by atoms with Crippen LogP contribution in [0.15, 0.2) is 23.5 Å². The lowest BCUT2D eigenvalue weighted by molar-refractivity contribution is 0.0941.